The highest BCUT2D eigenvalue weighted by atomic mass is 127. The second-order valence-corrected chi connectivity index (χ2v) is 39.0. The van der Waals surface area contributed by atoms with Gasteiger partial charge >= 0.3 is 22.6 Å². The van der Waals surface area contributed by atoms with Crippen molar-refractivity contribution in [2.45, 2.75) is 195 Å². The van der Waals surface area contributed by atoms with Crippen LogP contribution in [-0.2, 0) is 32.1 Å². The first-order valence-corrected chi connectivity index (χ1v) is 43.2. The van der Waals surface area contributed by atoms with E-state index in [1.807, 2.05) is 119 Å². The van der Waals surface area contributed by atoms with Crippen molar-refractivity contribution < 1.29 is 22.6 Å². The van der Waals surface area contributed by atoms with Crippen molar-refractivity contribution in [3.8, 4) is 36.0 Å². The van der Waals surface area contributed by atoms with Crippen molar-refractivity contribution in [2.75, 3.05) is 0 Å². The number of thiophene rings is 11. The number of aryl methyl sites for hydroxylation is 5. The Hall–Kier alpha value is -1.39. The topological polar surface area (TPSA) is 0 Å². The molecule has 86 heavy (non-hydrogen) atoms. The van der Waals surface area contributed by atoms with Crippen molar-refractivity contribution in [3.05, 3.63) is 148 Å². The van der Waals surface area contributed by atoms with Gasteiger partial charge in [-0.05, 0) is 211 Å². The number of hydrogen-bond donors (Lipinski definition) is 0. The summed E-state index contributed by atoms with van der Waals surface area (Å²) in [6.45, 7) is 11.3. The van der Waals surface area contributed by atoms with Gasteiger partial charge in [0.25, 0.3) is 0 Å². The van der Waals surface area contributed by atoms with E-state index in [0.29, 0.717) is 0 Å². The Kier molecular flexibility index (Phi) is 34.6. The second-order valence-electron chi connectivity index (χ2n) is 21.1. The molecule has 0 saturated carbocycles. The smallest absolute Gasteiger partial charge is 0.149 e. The van der Waals surface area contributed by atoms with E-state index in [0.717, 1.165) is 14.6 Å². The maximum atomic E-state index is 5.30. The van der Waals surface area contributed by atoms with Crippen LogP contribution < -0.4 is 22.6 Å². The van der Waals surface area contributed by atoms with Crippen LogP contribution in [0.3, 0.4) is 0 Å². The number of halogens is 3. The van der Waals surface area contributed by atoms with Crippen LogP contribution in [0.4, 0.5) is 0 Å². The summed E-state index contributed by atoms with van der Waals surface area (Å²) in [5.74, 6) is 16.4. The molecule has 0 radical (unpaired) electrons. The molecule has 0 aliphatic heterocycles. The van der Waals surface area contributed by atoms with E-state index in [9.17, 15) is 0 Å². The molecule has 0 atom stereocenters. The number of unbranched alkanes of at least 4 members (excludes halogenated alkanes) is 15. The van der Waals surface area contributed by atoms with Crippen molar-refractivity contribution in [1.29, 1.82) is 0 Å². The molecule has 0 saturated heterocycles. The number of hydrogen-bond acceptors (Lipinski definition) is 11. The molecule has 0 aliphatic rings. The van der Waals surface area contributed by atoms with E-state index >= 15 is 0 Å². The first-order valence-electron chi connectivity index (χ1n) is 30.9. The summed E-state index contributed by atoms with van der Waals surface area (Å²) < 4.78 is 15.6. The average Bonchev–Trinajstić information content (AvgIpc) is 1.87. The average molecular weight is 1680 g/mol. The third-order valence-electron chi connectivity index (χ3n) is 13.9. The minimum absolute atomic E-state index is 1.06. The predicted molar refractivity (Wildman–Crippen MR) is 416 cm³/mol. The number of rotatable bonds is 25. The highest BCUT2D eigenvalue weighted by Gasteiger charge is 2.15. The Balaban J connectivity index is 0.000000176. The summed E-state index contributed by atoms with van der Waals surface area (Å²) in [7, 11) is 0. The summed E-state index contributed by atoms with van der Waals surface area (Å²) >= 11 is 27.5. The van der Waals surface area contributed by atoms with Gasteiger partial charge in [0.05, 0.1) is 53.7 Å². The maximum absolute atomic E-state index is 5.30. The third kappa shape index (κ3) is 25.3. The monoisotopic (exact) mass is 1680 g/mol. The molecule has 0 nitrogen and oxygen atoms in total. The van der Waals surface area contributed by atoms with Crippen LogP contribution in [0, 0.1) is 44.7 Å². The minimum atomic E-state index is 1.06. The molecule has 11 heterocycles. The summed E-state index contributed by atoms with van der Waals surface area (Å²) in [4.78, 5) is 13.2. The molecular weight excluding hydrogens is 1600 g/mol. The lowest BCUT2D eigenvalue weighted by Crippen LogP contribution is -3.33. The standard InChI is InChI=1S/C32H32S5.C12H16S.C10H15IS.C10H16S.C8H3I2S3/c1-3-5-7-9-11-23-13-15-25(33-23)17-19-27-21-29-31(35-27)32-30(37-29)22-28(36-32)20-18-26-16-14-24(34-26)12-10-8-6-4-2;1-3-5-6-7-8-12-10-9-11(4-2)13-12;1-2-3-4-5-6-9-7-8-10(11)12-9;1-2-3-4-5-7-10-8-6-9-11-10;9-5-1-3-7(12-5)8-4(11-3)2-6(10)13-8/h13-16,21-22H,3-12H2,1-2H3;2,9-10H,3,5-8H2,1H3;7-8H,2-6H2,1H3;6,8-9H,2-5,7H2,1H3;1-2,9H/q;;;;+1. The van der Waals surface area contributed by atoms with Crippen molar-refractivity contribution in [1.82, 2.24) is 0 Å². The van der Waals surface area contributed by atoms with E-state index in [4.69, 9.17) is 6.42 Å². The molecular formula is C72H82I3S11+. The first-order chi connectivity index (χ1) is 42.1. The normalized spacial score (nSPS) is 10.8. The van der Waals surface area contributed by atoms with E-state index in [1.54, 1.807) is 21.1 Å². The molecule has 0 bridgehead atoms. The third-order valence-corrected chi connectivity index (χ3v) is 29.0. The Morgan fingerprint density at radius 2 is 0.733 bits per heavy atom. The van der Waals surface area contributed by atoms with Gasteiger partial charge in [0.2, 0.25) is 2.88 Å². The van der Waals surface area contributed by atoms with Gasteiger partial charge in [0.1, 0.15) is 0 Å². The molecule has 0 unspecified atom stereocenters. The van der Waals surface area contributed by atoms with Crippen molar-refractivity contribution in [2.24, 2.45) is 0 Å². The van der Waals surface area contributed by atoms with Crippen LogP contribution in [0.25, 0.3) is 37.6 Å². The van der Waals surface area contributed by atoms with Crippen LogP contribution in [0.5, 0.6) is 0 Å². The molecule has 11 aromatic heterocycles. The highest BCUT2D eigenvalue weighted by molar-refractivity contribution is 14.1. The van der Waals surface area contributed by atoms with Crippen molar-refractivity contribution in [3.63, 3.8) is 0 Å². The van der Waals surface area contributed by atoms with Gasteiger partial charge in [-0.15, -0.1) is 120 Å². The first kappa shape index (κ1) is 72.0. The van der Waals surface area contributed by atoms with E-state index in [2.05, 4.69) is 216 Å². The van der Waals surface area contributed by atoms with Crippen LogP contribution in [0.15, 0.2) is 90.3 Å². The molecule has 11 aromatic rings. The molecule has 0 aliphatic carbocycles. The lowest BCUT2D eigenvalue weighted by molar-refractivity contribution is -0.319. The van der Waals surface area contributed by atoms with E-state index in [-0.39, 0.29) is 0 Å². The number of fused-ring (bicyclic) bond motifs is 6. The van der Waals surface area contributed by atoms with Crippen LogP contribution in [0.1, 0.15) is 212 Å². The molecule has 0 fully saturated rings. The van der Waals surface area contributed by atoms with Gasteiger partial charge < -0.3 is 0 Å². The van der Waals surface area contributed by atoms with Gasteiger partial charge in [-0.3, -0.25) is 0 Å². The van der Waals surface area contributed by atoms with E-state index in [1.165, 1.54) is 231 Å². The molecule has 0 aromatic carbocycles. The summed E-state index contributed by atoms with van der Waals surface area (Å²) in [5.41, 5.74) is 0. The summed E-state index contributed by atoms with van der Waals surface area (Å²) in [6, 6.07) is 31.1. The largest absolute Gasteiger partial charge is 0.308 e. The van der Waals surface area contributed by atoms with Gasteiger partial charge in [0.15, 0.2) is 0 Å². The fourth-order valence-electron chi connectivity index (χ4n) is 9.31. The SMILES string of the molecule is C#Cc1ccc(CCCCCC)s1.CCCCCCc1ccc(C#Cc2cc3sc4cc(C#Cc5ccc(CCCCCC)s5)sc4c3s2)s1.CCCCCCc1ccc(I)s1.CCCCCCc1cccs1.Ic1cc2sc3cc([IH+])sc3c2s1. The number of terminal acetylenes is 1. The Labute approximate surface area is 600 Å². The molecule has 0 N–H and O–H groups in total. The maximum Gasteiger partial charge on any atom is 0.308 e. The Morgan fingerprint density at radius 3 is 1.15 bits per heavy atom. The zero-order valence-electron chi connectivity index (χ0n) is 50.6. The van der Waals surface area contributed by atoms with Crippen LogP contribution in [0.2, 0.25) is 0 Å². The lowest BCUT2D eigenvalue weighted by atomic mass is 10.1. The fraction of sp³-hybridized carbons (Fsp3) is 0.417. The van der Waals surface area contributed by atoms with E-state index < -0.39 is 0 Å². The zero-order chi connectivity index (χ0) is 60.7. The summed E-state index contributed by atoms with van der Waals surface area (Å²) in [6.07, 6.45) is 38.3. The lowest BCUT2D eigenvalue weighted by Gasteiger charge is -1.96. The molecule has 11 rings (SSSR count). The van der Waals surface area contributed by atoms with Gasteiger partial charge in [-0.2, -0.15) is 0 Å². The second kappa shape index (κ2) is 41.3. The molecule has 456 valence electrons. The Morgan fingerprint density at radius 1 is 0.349 bits per heavy atom. The Bertz CT molecular complexity index is 3650. The summed E-state index contributed by atoms with van der Waals surface area (Å²) in [5, 5.41) is 2.16. The fourth-order valence-corrected chi connectivity index (χ4v) is 24.2. The van der Waals surface area contributed by atoms with Gasteiger partial charge in [-0.1, -0.05) is 154 Å². The molecule has 0 amide bonds. The quantitative estimate of drug-likeness (QED) is 0.0304. The van der Waals surface area contributed by atoms with Crippen molar-refractivity contribution >= 4 is 207 Å². The van der Waals surface area contributed by atoms with Gasteiger partial charge in [-0.25, -0.2) is 0 Å². The predicted octanol–water partition coefficient (Wildman–Crippen LogP) is 24.8. The molecule has 0 spiro atoms. The van der Waals surface area contributed by atoms with Crippen LogP contribution in [-0.4, -0.2) is 0 Å². The van der Waals surface area contributed by atoms with Crippen LogP contribution >= 0.6 is 170 Å². The molecule has 14 heteroatoms. The zero-order valence-corrected chi connectivity index (χ0v) is 66.2. The minimum Gasteiger partial charge on any atom is -0.149 e. The highest BCUT2D eigenvalue weighted by Crippen LogP contribution is 2.44. The van der Waals surface area contributed by atoms with Gasteiger partial charge in [0, 0.05) is 44.6 Å².